The molecule has 3 heterocycles. The smallest absolute Gasteiger partial charge is 0.417 e. The fourth-order valence-electron chi connectivity index (χ4n) is 6.45. The third kappa shape index (κ3) is 3.71. The van der Waals surface area contributed by atoms with Crippen LogP contribution in [0.3, 0.4) is 0 Å². The van der Waals surface area contributed by atoms with Crippen molar-refractivity contribution < 1.29 is 37.4 Å². The van der Waals surface area contributed by atoms with Gasteiger partial charge in [-0.05, 0) is 63.0 Å². The van der Waals surface area contributed by atoms with E-state index in [1.165, 1.54) is 12.1 Å². The van der Waals surface area contributed by atoms with Crippen molar-refractivity contribution >= 4 is 25.8 Å². The molecule has 7 nitrogen and oxygen atoms in total. The Morgan fingerprint density at radius 3 is 2.41 bits per heavy atom. The summed E-state index contributed by atoms with van der Waals surface area (Å²) in [5, 5.41) is 19.8. The number of ether oxygens (including phenoxy) is 1. The number of aliphatic hydroxyl groups is 1. The number of hydrogen-bond acceptors (Lipinski definition) is 6. The lowest BCUT2D eigenvalue weighted by molar-refractivity contribution is -0.145. The zero-order chi connectivity index (χ0) is 28.0. The van der Waals surface area contributed by atoms with Crippen molar-refractivity contribution in [3.63, 3.8) is 0 Å². The Morgan fingerprint density at radius 1 is 1.24 bits per heavy atom. The highest BCUT2D eigenvalue weighted by atomic mass is 28.4. The van der Waals surface area contributed by atoms with Gasteiger partial charge in [-0.3, -0.25) is 9.59 Å². The summed E-state index contributed by atoms with van der Waals surface area (Å²) >= 11 is 0. The summed E-state index contributed by atoms with van der Waals surface area (Å²) in [6.07, 6.45) is -4.22. The number of amides is 2. The maximum atomic E-state index is 13.8. The fourth-order valence-corrected chi connectivity index (χ4v) is 7.23. The van der Waals surface area contributed by atoms with Gasteiger partial charge in [-0.15, -0.1) is 0 Å². The number of hydrogen-bond donors (Lipinski definition) is 2. The number of carbonyl (C=O) groups excluding carboxylic acids is 2. The molecule has 3 fully saturated rings. The molecule has 5 atom stereocenters. The maximum absolute atomic E-state index is 13.8. The first-order chi connectivity index (χ1) is 16.8. The highest BCUT2D eigenvalue weighted by Crippen LogP contribution is 2.69. The van der Waals surface area contributed by atoms with Gasteiger partial charge in [-0.2, -0.15) is 18.4 Å². The molecule has 4 rings (SSSR count). The molecule has 37 heavy (non-hydrogen) atoms. The molecule has 0 saturated carbocycles. The van der Waals surface area contributed by atoms with Crippen LogP contribution in [0.4, 0.5) is 18.9 Å². The van der Waals surface area contributed by atoms with Crippen LogP contribution in [0.25, 0.3) is 0 Å². The van der Waals surface area contributed by atoms with Crippen LogP contribution in [-0.4, -0.2) is 47.3 Å². The van der Waals surface area contributed by atoms with Crippen LogP contribution in [0.2, 0.25) is 18.1 Å². The molecule has 202 valence electrons. The van der Waals surface area contributed by atoms with Crippen LogP contribution < -0.4 is 4.90 Å². The van der Waals surface area contributed by atoms with Crippen LogP contribution in [0.15, 0.2) is 18.2 Å². The van der Waals surface area contributed by atoms with Gasteiger partial charge in [-0.25, -0.2) is 4.90 Å². The minimum Gasteiger partial charge on any atom is -0.432 e. The van der Waals surface area contributed by atoms with Crippen molar-refractivity contribution in [2.24, 2.45) is 11.3 Å². The normalized spacial score (nSPS) is 33.7. The third-order valence-electron chi connectivity index (χ3n) is 9.58. The number of imide groups is 1. The molecule has 0 spiro atoms. The molecule has 2 bridgehead atoms. The molecule has 1 aromatic carbocycles. The van der Waals surface area contributed by atoms with Crippen LogP contribution in [-0.2, 0) is 20.5 Å². The Bertz CT molecular complexity index is 1210. The van der Waals surface area contributed by atoms with Gasteiger partial charge in [0.15, 0.2) is 8.32 Å². The van der Waals surface area contributed by atoms with Gasteiger partial charge in [0.05, 0.1) is 45.9 Å². The van der Waals surface area contributed by atoms with E-state index in [0.29, 0.717) is 25.3 Å². The highest BCUT2D eigenvalue weighted by Gasteiger charge is 2.82. The maximum Gasteiger partial charge on any atom is 0.417 e. The minimum atomic E-state index is -4.85. The molecule has 3 aliphatic rings. The van der Waals surface area contributed by atoms with Crippen molar-refractivity contribution in [2.75, 3.05) is 4.90 Å². The largest absolute Gasteiger partial charge is 0.432 e. The van der Waals surface area contributed by atoms with Crippen LogP contribution >= 0.6 is 0 Å². The Kier molecular flexibility index (Phi) is 6.09. The Morgan fingerprint density at radius 2 is 1.86 bits per heavy atom. The van der Waals surface area contributed by atoms with E-state index in [4.69, 9.17) is 10.00 Å². The lowest BCUT2D eigenvalue weighted by Gasteiger charge is -2.41. The van der Waals surface area contributed by atoms with E-state index in [1.54, 1.807) is 13.8 Å². The second-order valence-corrected chi connectivity index (χ2v) is 16.7. The monoisotopic (exact) mass is 538 g/mol. The lowest BCUT2D eigenvalue weighted by Crippen LogP contribution is -2.57. The summed E-state index contributed by atoms with van der Waals surface area (Å²) in [7, 11) is -2.50. The number of rotatable bonds is 6. The molecule has 2 amide bonds. The van der Waals surface area contributed by atoms with Gasteiger partial charge in [0.25, 0.3) is 0 Å². The summed E-state index contributed by atoms with van der Waals surface area (Å²) < 4.78 is 47.2. The van der Waals surface area contributed by atoms with Crippen LogP contribution in [0, 0.1) is 22.7 Å². The second-order valence-electron chi connectivity index (χ2n) is 12.2. The average Bonchev–Trinajstić information content (AvgIpc) is 3.23. The van der Waals surface area contributed by atoms with Gasteiger partial charge < -0.3 is 14.6 Å². The molecule has 0 unspecified atom stereocenters. The van der Waals surface area contributed by atoms with E-state index in [9.17, 15) is 32.7 Å². The molecule has 11 heteroatoms. The van der Waals surface area contributed by atoms with E-state index in [2.05, 4.69) is 0 Å². The summed E-state index contributed by atoms with van der Waals surface area (Å²) in [6, 6.07) is 4.28. The molecule has 0 radical (unpaired) electrons. The number of alkyl halides is 3. The third-order valence-corrected chi connectivity index (χ3v) is 13.1. The fraction of sp³-hybridized carbons (Fsp3) is 0.654. The number of fused-ring (bicyclic) bond motifs is 5. The Labute approximate surface area is 215 Å². The van der Waals surface area contributed by atoms with Crippen molar-refractivity contribution in [3.05, 3.63) is 29.3 Å². The zero-order valence-corrected chi connectivity index (χ0v) is 22.9. The molecule has 0 aliphatic carbocycles. The van der Waals surface area contributed by atoms with Gasteiger partial charge in [-0.1, -0.05) is 20.3 Å². The summed E-state index contributed by atoms with van der Waals surface area (Å²) in [5.41, 5.74) is -6.16. The van der Waals surface area contributed by atoms with Crippen LogP contribution in [0.5, 0.6) is 0 Å². The quantitative estimate of drug-likeness (QED) is 0.407. The first-order valence-electron chi connectivity index (χ1n) is 12.4. The number of anilines is 1. The van der Waals surface area contributed by atoms with Gasteiger partial charge >= 0.3 is 6.18 Å². The molecule has 3 saturated heterocycles. The van der Waals surface area contributed by atoms with Crippen molar-refractivity contribution in [1.29, 1.82) is 5.26 Å². The zero-order valence-electron chi connectivity index (χ0n) is 21.9. The topological polar surface area (TPSA) is 111 Å². The molecule has 0 aromatic heterocycles. The van der Waals surface area contributed by atoms with E-state index in [-0.39, 0.29) is 17.1 Å². The van der Waals surface area contributed by atoms with Crippen molar-refractivity contribution in [2.45, 2.75) is 95.0 Å². The minimum absolute atomic E-state index is 0.123. The van der Waals surface area contributed by atoms with Crippen LogP contribution in [0.1, 0.15) is 64.5 Å². The number of aliphatic hydroxyl groups excluding tert-OH is 1. The first-order valence-corrected chi connectivity index (χ1v) is 15.3. The molecular weight excluding hydrogens is 505 g/mol. The van der Waals surface area contributed by atoms with Gasteiger partial charge in [0, 0.05) is 6.42 Å². The summed E-state index contributed by atoms with van der Waals surface area (Å²) in [6.45, 7) is 10.8. The highest BCUT2D eigenvalue weighted by molar-refractivity contribution is 6.72. The Hall–Kier alpha value is -2.26. The number of benzene rings is 1. The van der Waals surface area contributed by atoms with E-state index >= 15 is 0 Å². The number of nitriles is 1. The van der Waals surface area contributed by atoms with Gasteiger partial charge in [0.1, 0.15) is 5.60 Å². The summed E-state index contributed by atoms with van der Waals surface area (Å²) in [5.74, 6) is -2.39. The molecular formula is C26H33F3N2O5Si. The standard InChI is InChI=1S/C26H33F3N2O5Si/c1-22(2,37(5,6)35)10-7-11-25-13-18(32)24(4,36-25)23(3)19(25)20(33)31(21(23)34)16-9-8-15(14-30)17(12-16)26(27,28)29/h8-9,12,18-19,32,35H,7,10-11,13H2,1-6H3/t18-,19-,23-,24-,25+/m1/s1. The predicted octanol–water partition coefficient (Wildman–Crippen LogP) is 4.51. The Balaban J connectivity index is 1.73. The van der Waals surface area contributed by atoms with Gasteiger partial charge in [0.2, 0.25) is 11.8 Å². The van der Waals surface area contributed by atoms with Crippen molar-refractivity contribution in [1.82, 2.24) is 0 Å². The van der Waals surface area contributed by atoms with E-state index in [0.717, 1.165) is 11.0 Å². The molecule has 2 N–H and O–H groups in total. The average molecular weight is 539 g/mol. The number of nitrogens with zero attached hydrogens (tertiary/aromatic N) is 2. The van der Waals surface area contributed by atoms with E-state index < -0.39 is 66.1 Å². The first kappa shape index (κ1) is 27.8. The molecule has 1 aromatic rings. The lowest BCUT2D eigenvalue weighted by atomic mass is 9.57. The number of carbonyl (C=O) groups is 2. The number of halogens is 3. The SMILES string of the molecule is CC(C)(CCC[C@@]12C[C@@H](O)[C@@](C)(O1)[C@@]1(C)C(=O)N(c3ccc(C#N)c(C(F)(F)F)c3)C(=O)[C@@H]21)[Si](C)(C)O. The van der Waals surface area contributed by atoms with E-state index in [1.807, 2.05) is 26.9 Å². The van der Waals surface area contributed by atoms with Crippen molar-refractivity contribution in [3.8, 4) is 6.07 Å². The second kappa shape index (κ2) is 8.12. The molecule has 3 aliphatic heterocycles. The predicted molar refractivity (Wildman–Crippen MR) is 131 cm³/mol. The summed E-state index contributed by atoms with van der Waals surface area (Å²) in [4.78, 5) is 39.1.